The van der Waals surface area contributed by atoms with Gasteiger partial charge in [0.1, 0.15) is 23.7 Å². The van der Waals surface area contributed by atoms with Crippen molar-refractivity contribution in [3.8, 4) is 0 Å². The van der Waals surface area contributed by atoms with Gasteiger partial charge in [-0.25, -0.2) is 15.0 Å². The van der Waals surface area contributed by atoms with Crippen LogP contribution in [0, 0.1) is 12.3 Å². The van der Waals surface area contributed by atoms with Gasteiger partial charge in [-0.1, -0.05) is 29.8 Å². The number of aryl methyl sites for hydroxylation is 1. The summed E-state index contributed by atoms with van der Waals surface area (Å²) in [6, 6.07) is 7.59. The van der Waals surface area contributed by atoms with E-state index in [1.54, 1.807) is 0 Å². The normalized spacial score (nSPS) is 11.0. The molecule has 0 aliphatic heterocycles. The Kier molecular flexibility index (Phi) is 6.01. The molecule has 2 aromatic heterocycles. The predicted molar refractivity (Wildman–Crippen MR) is 116 cm³/mol. The summed E-state index contributed by atoms with van der Waals surface area (Å²) in [7, 11) is 0. The van der Waals surface area contributed by atoms with Crippen molar-refractivity contribution < 1.29 is 4.79 Å². The van der Waals surface area contributed by atoms with Crippen molar-refractivity contribution in [1.82, 2.24) is 25.3 Å². The molecule has 0 unspecified atom stereocenters. The highest BCUT2D eigenvalue weighted by molar-refractivity contribution is 6.16. The lowest BCUT2D eigenvalue weighted by Gasteiger charge is -2.28. The number of hydrogen-bond donors (Lipinski definition) is 4. The van der Waals surface area contributed by atoms with Gasteiger partial charge in [0.05, 0.1) is 23.0 Å². The molecule has 5 N–H and O–H groups in total. The van der Waals surface area contributed by atoms with Crippen molar-refractivity contribution in [3.63, 3.8) is 0 Å². The monoisotopic (exact) mass is 404 g/mol. The van der Waals surface area contributed by atoms with Crippen LogP contribution in [-0.4, -0.2) is 43.6 Å². The maximum absolute atomic E-state index is 12.3. The maximum atomic E-state index is 12.3. The molecule has 0 bridgehead atoms. The molecule has 0 saturated heterocycles. The smallest absolute Gasteiger partial charge is 0.271 e. The van der Waals surface area contributed by atoms with Crippen LogP contribution in [0.2, 0.25) is 0 Å². The van der Waals surface area contributed by atoms with Crippen LogP contribution in [0.3, 0.4) is 0 Å². The average molecular weight is 404 g/mol. The number of carbonyl (C=O) groups excluding carboxylic acids is 1. The lowest BCUT2D eigenvalue weighted by molar-refractivity contribution is 0.0942. The Labute approximate surface area is 174 Å². The SMILES string of the molecule is Cc1ccc(C(=N)c2c(N)ncnc2NC(C)(C)CNC(=O)c2cnccn2)cc1. The molecule has 0 aliphatic carbocycles. The van der Waals surface area contributed by atoms with Gasteiger partial charge in [-0.05, 0) is 20.8 Å². The van der Waals surface area contributed by atoms with Crippen molar-refractivity contribution in [2.45, 2.75) is 26.3 Å². The topological polar surface area (TPSA) is 143 Å². The molecule has 0 atom stereocenters. The second-order valence-corrected chi connectivity index (χ2v) is 7.51. The van der Waals surface area contributed by atoms with Crippen LogP contribution in [-0.2, 0) is 0 Å². The van der Waals surface area contributed by atoms with Gasteiger partial charge in [0.25, 0.3) is 5.91 Å². The number of nitrogens with zero attached hydrogens (tertiary/aromatic N) is 4. The Morgan fingerprint density at radius 3 is 2.53 bits per heavy atom. The summed E-state index contributed by atoms with van der Waals surface area (Å²) >= 11 is 0. The van der Waals surface area contributed by atoms with E-state index in [1.165, 1.54) is 24.9 Å². The van der Waals surface area contributed by atoms with Gasteiger partial charge >= 0.3 is 0 Å². The first-order valence-electron chi connectivity index (χ1n) is 9.36. The fourth-order valence-corrected chi connectivity index (χ4v) is 2.78. The molecule has 30 heavy (non-hydrogen) atoms. The Hall–Kier alpha value is -3.88. The minimum Gasteiger partial charge on any atom is -0.383 e. The molecule has 9 nitrogen and oxygen atoms in total. The lowest BCUT2D eigenvalue weighted by Crippen LogP contribution is -2.44. The van der Waals surface area contributed by atoms with E-state index in [9.17, 15) is 4.79 Å². The third kappa shape index (κ3) is 4.93. The minimum atomic E-state index is -0.596. The van der Waals surface area contributed by atoms with E-state index in [-0.39, 0.29) is 29.7 Å². The molecular formula is C21H24N8O. The van der Waals surface area contributed by atoms with Crippen molar-refractivity contribution in [1.29, 1.82) is 5.41 Å². The average Bonchev–Trinajstić information content (AvgIpc) is 2.73. The summed E-state index contributed by atoms with van der Waals surface area (Å²) in [4.78, 5) is 28.5. The zero-order valence-corrected chi connectivity index (χ0v) is 17.1. The number of nitrogen functional groups attached to an aromatic ring is 1. The quantitative estimate of drug-likeness (QED) is 0.442. The van der Waals surface area contributed by atoms with Gasteiger partial charge in [0, 0.05) is 24.5 Å². The van der Waals surface area contributed by atoms with E-state index >= 15 is 0 Å². The summed E-state index contributed by atoms with van der Waals surface area (Å²) in [5, 5.41) is 14.7. The summed E-state index contributed by atoms with van der Waals surface area (Å²) in [5.74, 6) is 0.303. The molecule has 0 aliphatic rings. The zero-order chi connectivity index (χ0) is 21.7. The Bertz CT molecular complexity index is 1050. The van der Waals surface area contributed by atoms with Crippen LogP contribution in [0.15, 0.2) is 49.2 Å². The molecule has 0 saturated carbocycles. The molecule has 1 amide bonds. The number of hydrogen-bond acceptors (Lipinski definition) is 8. The number of nitrogens with two attached hydrogens (primary N) is 1. The van der Waals surface area contributed by atoms with Crippen LogP contribution in [0.5, 0.6) is 0 Å². The molecule has 1 aromatic carbocycles. The summed E-state index contributed by atoms with van der Waals surface area (Å²) in [5.41, 5.74) is 8.17. The molecule has 0 radical (unpaired) electrons. The lowest BCUT2D eigenvalue weighted by atomic mass is 10.00. The van der Waals surface area contributed by atoms with Crippen molar-refractivity contribution in [2.75, 3.05) is 17.6 Å². The summed E-state index contributed by atoms with van der Waals surface area (Å²) in [6.07, 6.45) is 5.72. The number of carbonyl (C=O) groups is 1. The van der Waals surface area contributed by atoms with Gasteiger partial charge in [0.2, 0.25) is 0 Å². The standard InChI is InChI=1S/C21H24N8O/c1-13-4-6-14(7-5-13)17(22)16-18(23)27-12-28-19(16)29-21(2,3)11-26-20(30)15-10-24-8-9-25-15/h4-10,12,22H,11H2,1-3H3,(H,26,30)(H3,23,27,28,29). The van der Waals surface area contributed by atoms with Crippen LogP contribution in [0.4, 0.5) is 11.6 Å². The number of benzene rings is 1. The van der Waals surface area contributed by atoms with Gasteiger partial charge in [-0.3, -0.25) is 15.2 Å². The molecule has 0 fully saturated rings. The Morgan fingerprint density at radius 1 is 1.13 bits per heavy atom. The third-order valence-corrected chi connectivity index (χ3v) is 4.41. The van der Waals surface area contributed by atoms with Crippen molar-refractivity contribution in [2.24, 2.45) is 0 Å². The molecule has 2 heterocycles. The highest BCUT2D eigenvalue weighted by Gasteiger charge is 2.24. The molecular weight excluding hydrogens is 380 g/mol. The first-order chi connectivity index (χ1) is 14.3. The number of nitrogens with one attached hydrogen (secondary N) is 3. The van der Waals surface area contributed by atoms with Crippen molar-refractivity contribution >= 4 is 23.3 Å². The fraction of sp³-hybridized carbons (Fsp3) is 0.238. The van der Waals surface area contributed by atoms with E-state index in [0.29, 0.717) is 16.9 Å². The van der Waals surface area contributed by atoms with Crippen LogP contribution >= 0.6 is 0 Å². The minimum absolute atomic E-state index is 0.206. The van der Waals surface area contributed by atoms with Gasteiger partial charge < -0.3 is 16.4 Å². The summed E-state index contributed by atoms with van der Waals surface area (Å²) in [6.45, 7) is 6.07. The van der Waals surface area contributed by atoms with E-state index in [2.05, 4.69) is 30.6 Å². The fourth-order valence-electron chi connectivity index (χ4n) is 2.78. The van der Waals surface area contributed by atoms with Crippen molar-refractivity contribution in [3.05, 3.63) is 71.6 Å². The van der Waals surface area contributed by atoms with E-state index in [4.69, 9.17) is 11.1 Å². The van der Waals surface area contributed by atoms with E-state index in [1.807, 2.05) is 45.0 Å². The molecule has 3 aromatic rings. The van der Waals surface area contributed by atoms with Crippen LogP contribution in [0.25, 0.3) is 0 Å². The maximum Gasteiger partial charge on any atom is 0.271 e. The Balaban J connectivity index is 1.78. The van der Waals surface area contributed by atoms with Gasteiger partial charge in [-0.2, -0.15) is 0 Å². The van der Waals surface area contributed by atoms with Gasteiger partial charge in [0.15, 0.2) is 0 Å². The molecule has 3 rings (SSSR count). The third-order valence-electron chi connectivity index (χ3n) is 4.41. The number of aromatic nitrogens is 4. The highest BCUT2D eigenvalue weighted by atomic mass is 16.1. The second kappa shape index (κ2) is 8.64. The first-order valence-corrected chi connectivity index (χ1v) is 9.36. The number of rotatable bonds is 7. The van der Waals surface area contributed by atoms with Gasteiger partial charge in [-0.15, -0.1) is 0 Å². The van der Waals surface area contributed by atoms with Crippen LogP contribution < -0.4 is 16.4 Å². The molecule has 154 valence electrons. The molecule has 0 spiro atoms. The van der Waals surface area contributed by atoms with E-state index < -0.39 is 5.54 Å². The van der Waals surface area contributed by atoms with Crippen LogP contribution in [0.1, 0.15) is 41.0 Å². The zero-order valence-electron chi connectivity index (χ0n) is 17.1. The highest BCUT2D eigenvalue weighted by Crippen LogP contribution is 2.24. The largest absolute Gasteiger partial charge is 0.383 e. The number of anilines is 2. The first kappa shape index (κ1) is 20.8. The van der Waals surface area contributed by atoms with E-state index in [0.717, 1.165) is 5.56 Å². The second-order valence-electron chi connectivity index (χ2n) is 7.51. The summed E-state index contributed by atoms with van der Waals surface area (Å²) < 4.78 is 0. The predicted octanol–water partition coefficient (Wildman–Crippen LogP) is 2.19. The number of amides is 1. The Morgan fingerprint density at radius 2 is 1.87 bits per heavy atom. The molecule has 9 heteroatoms.